The summed E-state index contributed by atoms with van der Waals surface area (Å²) in [6, 6.07) is 0. The van der Waals surface area contributed by atoms with Gasteiger partial charge in [-0.05, 0) is 13.8 Å². The molecule has 1 aliphatic heterocycles. The maximum Gasteiger partial charge on any atom is 0.324 e. The standard InChI is InChI=1S/C10H18N2O5S/c1-10(2,9(14)15)18(16,17)7-8(13)12-5-3-11-4-6-12/h11H,3-7H2,1-2H3,(H,14,15). The molecular formula is C10H18N2O5S. The van der Waals surface area contributed by atoms with Crippen molar-refractivity contribution in [1.82, 2.24) is 10.2 Å². The highest BCUT2D eigenvalue weighted by Gasteiger charge is 2.43. The molecule has 104 valence electrons. The van der Waals surface area contributed by atoms with Gasteiger partial charge in [-0.2, -0.15) is 0 Å². The second-order valence-corrected chi connectivity index (χ2v) is 7.24. The largest absolute Gasteiger partial charge is 0.480 e. The topological polar surface area (TPSA) is 104 Å². The Labute approximate surface area is 106 Å². The Kier molecular flexibility index (Phi) is 4.33. The molecule has 1 rings (SSSR count). The lowest BCUT2D eigenvalue weighted by Crippen LogP contribution is -2.51. The van der Waals surface area contributed by atoms with Crippen LogP contribution in [0.1, 0.15) is 13.8 Å². The highest BCUT2D eigenvalue weighted by atomic mass is 32.2. The summed E-state index contributed by atoms with van der Waals surface area (Å²) in [6.07, 6.45) is 0. The number of carboxylic acid groups (broad SMARTS) is 1. The Hall–Kier alpha value is -1.15. The van der Waals surface area contributed by atoms with E-state index in [1.165, 1.54) is 4.90 Å². The van der Waals surface area contributed by atoms with Crippen LogP contribution in [-0.4, -0.2) is 67.0 Å². The molecule has 0 bridgehead atoms. The van der Waals surface area contributed by atoms with Gasteiger partial charge in [0.1, 0.15) is 5.75 Å². The van der Waals surface area contributed by atoms with Crippen molar-refractivity contribution in [2.24, 2.45) is 0 Å². The second-order valence-electron chi connectivity index (χ2n) is 4.71. The van der Waals surface area contributed by atoms with E-state index < -0.39 is 32.2 Å². The molecule has 0 radical (unpaired) electrons. The van der Waals surface area contributed by atoms with Crippen molar-refractivity contribution in [3.63, 3.8) is 0 Å². The number of nitrogens with zero attached hydrogens (tertiary/aromatic N) is 1. The van der Waals surface area contributed by atoms with Crippen molar-refractivity contribution >= 4 is 21.7 Å². The van der Waals surface area contributed by atoms with Crippen molar-refractivity contribution < 1.29 is 23.1 Å². The summed E-state index contributed by atoms with van der Waals surface area (Å²) in [7, 11) is -4.02. The number of carboxylic acids is 1. The zero-order valence-corrected chi connectivity index (χ0v) is 11.3. The first-order chi connectivity index (χ1) is 8.18. The second kappa shape index (κ2) is 5.23. The first-order valence-electron chi connectivity index (χ1n) is 5.62. The van der Waals surface area contributed by atoms with E-state index in [0.29, 0.717) is 26.2 Å². The normalized spacial score (nSPS) is 17.6. The molecule has 0 aromatic carbocycles. The molecule has 2 N–H and O–H groups in total. The van der Waals surface area contributed by atoms with Crippen LogP contribution in [0.2, 0.25) is 0 Å². The molecule has 1 aliphatic rings. The number of amides is 1. The molecule has 8 heteroatoms. The fourth-order valence-electron chi connectivity index (χ4n) is 1.48. The van der Waals surface area contributed by atoms with E-state index in [2.05, 4.69) is 5.32 Å². The van der Waals surface area contributed by atoms with E-state index >= 15 is 0 Å². The molecule has 1 saturated heterocycles. The Morgan fingerprint density at radius 1 is 1.28 bits per heavy atom. The van der Waals surface area contributed by atoms with E-state index in [9.17, 15) is 18.0 Å². The summed E-state index contributed by atoms with van der Waals surface area (Å²) < 4.78 is 21.9. The third-order valence-electron chi connectivity index (χ3n) is 3.08. The predicted molar refractivity (Wildman–Crippen MR) is 65.0 cm³/mol. The number of nitrogens with one attached hydrogen (secondary N) is 1. The van der Waals surface area contributed by atoms with Crippen LogP contribution in [-0.2, 0) is 19.4 Å². The fraction of sp³-hybridized carbons (Fsp3) is 0.800. The molecular weight excluding hydrogens is 260 g/mol. The molecule has 1 heterocycles. The van der Waals surface area contributed by atoms with E-state index in [-0.39, 0.29) is 0 Å². The molecule has 18 heavy (non-hydrogen) atoms. The molecule has 0 atom stereocenters. The van der Waals surface area contributed by atoms with Gasteiger partial charge < -0.3 is 15.3 Å². The van der Waals surface area contributed by atoms with Crippen LogP contribution in [0, 0.1) is 0 Å². The van der Waals surface area contributed by atoms with Gasteiger partial charge in [0.2, 0.25) is 5.91 Å². The number of sulfone groups is 1. The van der Waals surface area contributed by atoms with E-state index in [1.807, 2.05) is 0 Å². The summed E-state index contributed by atoms with van der Waals surface area (Å²) in [6.45, 7) is 4.32. The number of piperazine rings is 1. The van der Waals surface area contributed by atoms with Crippen LogP contribution < -0.4 is 5.32 Å². The summed E-state index contributed by atoms with van der Waals surface area (Å²) in [5.74, 6) is -2.74. The van der Waals surface area contributed by atoms with Crippen molar-refractivity contribution in [3.05, 3.63) is 0 Å². The third kappa shape index (κ3) is 2.99. The SMILES string of the molecule is CC(C)(C(=O)O)S(=O)(=O)CC(=O)N1CCNCC1. The van der Waals surface area contributed by atoms with Crippen molar-refractivity contribution in [2.75, 3.05) is 31.9 Å². The van der Waals surface area contributed by atoms with Gasteiger partial charge in [0.25, 0.3) is 0 Å². The first-order valence-corrected chi connectivity index (χ1v) is 7.28. The van der Waals surface area contributed by atoms with Crippen molar-refractivity contribution in [1.29, 1.82) is 0 Å². The van der Waals surface area contributed by atoms with Crippen LogP contribution in [0.3, 0.4) is 0 Å². The minimum absolute atomic E-state index is 0.446. The molecule has 0 aromatic heterocycles. The van der Waals surface area contributed by atoms with E-state index in [0.717, 1.165) is 13.8 Å². The van der Waals surface area contributed by atoms with Gasteiger partial charge in [0.05, 0.1) is 0 Å². The van der Waals surface area contributed by atoms with Crippen LogP contribution in [0.4, 0.5) is 0 Å². The average Bonchev–Trinajstić information content (AvgIpc) is 2.29. The third-order valence-corrected chi connectivity index (χ3v) is 5.43. The lowest BCUT2D eigenvalue weighted by atomic mass is 10.2. The predicted octanol–water partition coefficient (Wildman–Crippen LogP) is -1.30. The average molecular weight is 278 g/mol. The van der Waals surface area contributed by atoms with Gasteiger partial charge in [-0.1, -0.05) is 0 Å². The Morgan fingerprint density at radius 2 is 1.78 bits per heavy atom. The summed E-state index contributed by atoms with van der Waals surface area (Å²) in [5.41, 5.74) is 0. The Morgan fingerprint density at radius 3 is 2.22 bits per heavy atom. The van der Waals surface area contributed by atoms with Gasteiger partial charge >= 0.3 is 5.97 Å². The summed E-state index contributed by atoms with van der Waals surface area (Å²) in [4.78, 5) is 24.2. The molecule has 0 aliphatic carbocycles. The molecule has 0 unspecified atom stereocenters. The zero-order chi connectivity index (χ0) is 14.0. The summed E-state index contributed by atoms with van der Waals surface area (Å²) >= 11 is 0. The quantitative estimate of drug-likeness (QED) is 0.662. The zero-order valence-electron chi connectivity index (χ0n) is 10.5. The van der Waals surface area contributed by atoms with Crippen LogP contribution >= 0.6 is 0 Å². The maximum atomic E-state index is 11.9. The lowest BCUT2D eigenvalue weighted by Gasteiger charge is -2.28. The van der Waals surface area contributed by atoms with Crippen LogP contribution in [0.5, 0.6) is 0 Å². The maximum absolute atomic E-state index is 11.9. The number of hydrogen-bond acceptors (Lipinski definition) is 5. The molecule has 1 amide bonds. The van der Waals surface area contributed by atoms with Crippen LogP contribution in [0.15, 0.2) is 0 Å². The highest BCUT2D eigenvalue weighted by molar-refractivity contribution is 7.94. The van der Waals surface area contributed by atoms with E-state index in [4.69, 9.17) is 5.11 Å². The number of carbonyl (C=O) groups excluding carboxylic acids is 1. The van der Waals surface area contributed by atoms with Gasteiger partial charge in [-0.25, -0.2) is 8.42 Å². The number of aliphatic carboxylic acids is 1. The van der Waals surface area contributed by atoms with Crippen molar-refractivity contribution in [2.45, 2.75) is 18.6 Å². The molecule has 0 saturated carbocycles. The van der Waals surface area contributed by atoms with Crippen LogP contribution in [0.25, 0.3) is 0 Å². The van der Waals surface area contributed by atoms with Gasteiger partial charge in [0.15, 0.2) is 14.6 Å². The van der Waals surface area contributed by atoms with E-state index in [1.54, 1.807) is 0 Å². The van der Waals surface area contributed by atoms with Gasteiger partial charge in [0, 0.05) is 26.2 Å². The Bertz CT molecular complexity index is 437. The fourth-order valence-corrected chi connectivity index (χ4v) is 2.62. The molecule has 0 spiro atoms. The number of hydrogen-bond donors (Lipinski definition) is 2. The smallest absolute Gasteiger partial charge is 0.324 e. The van der Waals surface area contributed by atoms with Gasteiger partial charge in [-0.15, -0.1) is 0 Å². The number of carbonyl (C=O) groups is 2. The number of rotatable bonds is 4. The lowest BCUT2D eigenvalue weighted by molar-refractivity contribution is -0.139. The van der Waals surface area contributed by atoms with Crippen molar-refractivity contribution in [3.8, 4) is 0 Å². The molecule has 0 aromatic rings. The Balaban J connectivity index is 2.77. The molecule has 7 nitrogen and oxygen atoms in total. The molecule has 1 fully saturated rings. The summed E-state index contributed by atoms with van der Waals surface area (Å²) in [5, 5.41) is 11.9. The minimum Gasteiger partial charge on any atom is -0.480 e. The minimum atomic E-state index is -4.02. The first kappa shape index (κ1) is 14.9. The highest BCUT2D eigenvalue weighted by Crippen LogP contribution is 2.18. The van der Waals surface area contributed by atoms with Gasteiger partial charge in [-0.3, -0.25) is 9.59 Å². The monoisotopic (exact) mass is 278 g/mol.